The van der Waals surface area contributed by atoms with Gasteiger partial charge in [0.1, 0.15) is 6.04 Å². The smallest absolute Gasteiger partial charge is 0.255 e. The van der Waals surface area contributed by atoms with Crippen LogP contribution in [0, 0.1) is 11.3 Å². The van der Waals surface area contributed by atoms with E-state index in [1.807, 2.05) is 36.5 Å². The molecule has 9 nitrogen and oxygen atoms in total. The van der Waals surface area contributed by atoms with E-state index in [1.54, 1.807) is 21.7 Å². The number of carbonyl (C=O) groups excluding carboxylic acids is 3. The Balaban J connectivity index is 1.28. The highest BCUT2D eigenvalue weighted by molar-refractivity contribution is 6.05. The fourth-order valence-electron chi connectivity index (χ4n) is 4.37. The molecule has 3 aromatic rings. The summed E-state index contributed by atoms with van der Waals surface area (Å²) in [6.07, 6.45) is 3.02. The molecular weight excluding hydrogens is 420 g/mol. The number of benzene rings is 2. The number of carbonyl (C=O) groups is 3. The topological polar surface area (TPSA) is 121 Å². The zero-order valence-corrected chi connectivity index (χ0v) is 17.7. The lowest BCUT2D eigenvalue weighted by atomic mass is 10.0. The third kappa shape index (κ3) is 4.11. The van der Waals surface area contributed by atoms with Crippen molar-refractivity contribution in [3.05, 3.63) is 82.2 Å². The Morgan fingerprint density at radius 1 is 1.12 bits per heavy atom. The molecule has 1 fully saturated rings. The summed E-state index contributed by atoms with van der Waals surface area (Å²) < 4.78 is 1.74. The highest BCUT2D eigenvalue weighted by Gasteiger charge is 2.39. The molecule has 9 heteroatoms. The van der Waals surface area contributed by atoms with E-state index in [2.05, 4.69) is 21.7 Å². The van der Waals surface area contributed by atoms with Crippen LogP contribution in [0.2, 0.25) is 0 Å². The quantitative estimate of drug-likeness (QED) is 0.601. The molecule has 1 N–H and O–H groups in total. The minimum atomic E-state index is -0.622. The van der Waals surface area contributed by atoms with Gasteiger partial charge in [-0.2, -0.15) is 5.26 Å². The molecule has 33 heavy (non-hydrogen) atoms. The Labute approximate surface area is 189 Å². The van der Waals surface area contributed by atoms with E-state index < -0.39 is 11.9 Å². The van der Waals surface area contributed by atoms with E-state index in [0.717, 1.165) is 22.4 Å². The van der Waals surface area contributed by atoms with Gasteiger partial charge in [-0.3, -0.25) is 19.7 Å². The number of hydrogen-bond acceptors (Lipinski definition) is 6. The number of amides is 3. The SMILES string of the molecule is N#Cc1cccc(Cc2cn(Cc3ccc4c(c3)CN(C3CCC(=O)NC3=O)C4=O)nn2)c1. The Kier molecular flexibility index (Phi) is 5.18. The molecule has 1 unspecified atom stereocenters. The van der Waals surface area contributed by atoms with E-state index in [0.29, 0.717) is 37.1 Å². The van der Waals surface area contributed by atoms with Gasteiger partial charge < -0.3 is 4.90 Å². The molecule has 0 saturated carbocycles. The maximum absolute atomic E-state index is 12.8. The van der Waals surface area contributed by atoms with Crippen LogP contribution in [0.15, 0.2) is 48.7 Å². The minimum absolute atomic E-state index is 0.186. The molecule has 0 bridgehead atoms. The predicted molar refractivity (Wildman–Crippen MR) is 116 cm³/mol. The third-order valence-electron chi connectivity index (χ3n) is 5.96. The average molecular weight is 440 g/mol. The van der Waals surface area contributed by atoms with Crippen molar-refractivity contribution >= 4 is 17.7 Å². The van der Waals surface area contributed by atoms with E-state index in [1.165, 1.54) is 0 Å². The van der Waals surface area contributed by atoms with Crippen molar-refractivity contribution in [2.75, 3.05) is 0 Å². The minimum Gasteiger partial charge on any atom is -0.322 e. The average Bonchev–Trinajstić information content (AvgIpc) is 3.37. The van der Waals surface area contributed by atoms with Crippen LogP contribution in [-0.4, -0.2) is 43.7 Å². The maximum atomic E-state index is 12.8. The number of nitrogens with one attached hydrogen (secondary N) is 1. The number of nitrogens with zero attached hydrogens (tertiary/aromatic N) is 5. The van der Waals surface area contributed by atoms with Crippen molar-refractivity contribution in [1.82, 2.24) is 25.2 Å². The predicted octanol–water partition coefficient (Wildman–Crippen LogP) is 1.55. The van der Waals surface area contributed by atoms with Crippen LogP contribution in [0.1, 0.15) is 51.1 Å². The molecule has 2 aliphatic rings. The first-order chi connectivity index (χ1) is 16.0. The molecule has 0 aliphatic carbocycles. The van der Waals surface area contributed by atoms with Crippen LogP contribution in [0.3, 0.4) is 0 Å². The van der Waals surface area contributed by atoms with Crippen molar-refractivity contribution in [1.29, 1.82) is 5.26 Å². The van der Waals surface area contributed by atoms with Crippen LogP contribution < -0.4 is 5.32 Å². The fourth-order valence-corrected chi connectivity index (χ4v) is 4.37. The fraction of sp³-hybridized carbons (Fsp3) is 0.250. The second-order valence-electron chi connectivity index (χ2n) is 8.29. The zero-order valence-electron chi connectivity index (χ0n) is 17.7. The third-order valence-corrected chi connectivity index (χ3v) is 5.96. The van der Waals surface area contributed by atoms with Gasteiger partial charge in [-0.15, -0.1) is 5.10 Å². The zero-order chi connectivity index (χ0) is 22.9. The number of hydrogen-bond donors (Lipinski definition) is 1. The Morgan fingerprint density at radius 3 is 2.82 bits per heavy atom. The Morgan fingerprint density at radius 2 is 2.00 bits per heavy atom. The van der Waals surface area contributed by atoms with Crippen LogP contribution in [0.25, 0.3) is 0 Å². The molecule has 0 radical (unpaired) electrons. The van der Waals surface area contributed by atoms with Gasteiger partial charge >= 0.3 is 0 Å². The lowest BCUT2D eigenvalue weighted by Gasteiger charge is -2.29. The molecule has 3 heterocycles. The van der Waals surface area contributed by atoms with E-state index >= 15 is 0 Å². The van der Waals surface area contributed by atoms with Gasteiger partial charge in [-0.1, -0.05) is 29.5 Å². The van der Waals surface area contributed by atoms with Crippen molar-refractivity contribution < 1.29 is 14.4 Å². The molecule has 5 rings (SSSR count). The number of rotatable bonds is 5. The molecule has 164 valence electrons. The number of piperidine rings is 1. The monoisotopic (exact) mass is 440 g/mol. The van der Waals surface area contributed by atoms with Crippen LogP contribution in [-0.2, 0) is 29.1 Å². The second kappa shape index (κ2) is 8.31. The highest BCUT2D eigenvalue weighted by atomic mass is 16.2. The molecule has 0 spiro atoms. The second-order valence-corrected chi connectivity index (χ2v) is 8.29. The number of aromatic nitrogens is 3. The Bertz CT molecular complexity index is 1320. The van der Waals surface area contributed by atoms with E-state index in [-0.39, 0.29) is 18.2 Å². The summed E-state index contributed by atoms with van der Waals surface area (Å²) in [5, 5.41) is 19.8. The van der Waals surface area contributed by atoms with Crippen LogP contribution >= 0.6 is 0 Å². The van der Waals surface area contributed by atoms with Crippen LogP contribution in [0.5, 0.6) is 0 Å². The van der Waals surface area contributed by atoms with E-state index in [4.69, 9.17) is 5.26 Å². The molecule has 1 atom stereocenters. The van der Waals surface area contributed by atoms with Gasteiger partial charge in [0.05, 0.1) is 23.9 Å². The molecule has 2 aromatic carbocycles. The van der Waals surface area contributed by atoms with Gasteiger partial charge in [0.2, 0.25) is 11.8 Å². The number of fused-ring (bicyclic) bond motifs is 1. The van der Waals surface area contributed by atoms with E-state index in [9.17, 15) is 14.4 Å². The summed E-state index contributed by atoms with van der Waals surface area (Å²) in [6.45, 7) is 0.831. The largest absolute Gasteiger partial charge is 0.322 e. The molecule has 2 aliphatic heterocycles. The summed E-state index contributed by atoms with van der Waals surface area (Å²) in [7, 11) is 0. The van der Waals surface area contributed by atoms with Crippen molar-refractivity contribution in [3.63, 3.8) is 0 Å². The maximum Gasteiger partial charge on any atom is 0.255 e. The summed E-state index contributed by atoms with van der Waals surface area (Å²) in [4.78, 5) is 38.0. The molecule has 3 amide bonds. The summed E-state index contributed by atoms with van der Waals surface area (Å²) >= 11 is 0. The lowest BCUT2D eigenvalue weighted by Crippen LogP contribution is -2.52. The standard InChI is InChI=1S/C24H20N6O3/c25-11-16-3-1-2-15(8-16)10-19-14-29(28-27-19)12-17-4-5-20-18(9-17)13-30(24(20)33)21-6-7-22(31)26-23(21)32/h1-5,8-9,14,21H,6-7,10,12-13H2,(H,26,31,32). The molecule has 1 aromatic heterocycles. The van der Waals surface area contributed by atoms with Crippen LogP contribution in [0.4, 0.5) is 0 Å². The van der Waals surface area contributed by atoms with Crippen molar-refractivity contribution in [2.24, 2.45) is 0 Å². The van der Waals surface area contributed by atoms with Crippen molar-refractivity contribution in [2.45, 2.75) is 38.4 Å². The normalized spacial score (nSPS) is 17.6. The molecular formula is C24H20N6O3. The first-order valence-electron chi connectivity index (χ1n) is 10.6. The Hall–Kier alpha value is -4.32. The highest BCUT2D eigenvalue weighted by Crippen LogP contribution is 2.28. The summed E-state index contributed by atoms with van der Waals surface area (Å²) in [6, 6.07) is 14.5. The molecule has 1 saturated heterocycles. The van der Waals surface area contributed by atoms with Gasteiger partial charge in [-0.25, -0.2) is 4.68 Å². The summed E-state index contributed by atoms with van der Waals surface area (Å²) in [5.41, 5.74) is 4.81. The van der Waals surface area contributed by atoms with Gasteiger partial charge in [0.25, 0.3) is 5.91 Å². The lowest BCUT2D eigenvalue weighted by molar-refractivity contribution is -0.136. The first-order valence-corrected chi connectivity index (χ1v) is 10.6. The number of nitriles is 1. The van der Waals surface area contributed by atoms with Crippen molar-refractivity contribution in [3.8, 4) is 6.07 Å². The first kappa shape index (κ1) is 20.6. The number of imide groups is 1. The summed E-state index contributed by atoms with van der Waals surface area (Å²) in [5.74, 6) is -0.899. The van der Waals surface area contributed by atoms with Gasteiger partial charge in [0, 0.05) is 31.1 Å². The van der Waals surface area contributed by atoms with Gasteiger partial charge in [0.15, 0.2) is 0 Å². The van der Waals surface area contributed by atoms with Gasteiger partial charge in [-0.05, 0) is 41.3 Å².